The number of non-ortho nitro benzene ring substituents is 1. The smallest absolute Gasteiger partial charge is 0.269 e. The summed E-state index contributed by atoms with van der Waals surface area (Å²) in [7, 11) is 1.68. The number of hydrogen-bond donors (Lipinski definition) is 0. The van der Waals surface area contributed by atoms with Gasteiger partial charge in [-0.3, -0.25) is 14.9 Å². The maximum absolute atomic E-state index is 11.6. The van der Waals surface area contributed by atoms with Gasteiger partial charge in [-0.1, -0.05) is 54.6 Å². The number of hydrogen-bond acceptors (Lipinski definition) is 4. The van der Waals surface area contributed by atoms with Crippen molar-refractivity contribution in [2.45, 2.75) is 31.8 Å². The van der Waals surface area contributed by atoms with Gasteiger partial charge in [-0.2, -0.15) is 0 Å². The molecule has 0 aliphatic rings. The molecule has 0 N–H and O–H groups in total. The van der Waals surface area contributed by atoms with Gasteiger partial charge in [-0.15, -0.1) is 0 Å². The number of carbonyl (C=O) groups is 1. The molecule has 0 bridgehead atoms. The molecular formula is C21H23NO4. The fourth-order valence-electron chi connectivity index (χ4n) is 2.85. The summed E-state index contributed by atoms with van der Waals surface area (Å²) in [5, 5.41) is 10.8. The van der Waals surface area contributed by atoms with Crippen molar-refractivity contribution < 1.29 is 14.5 Å². The van der Waals surface area contributed by atoms with Crippen molar-refractivity contribution in [2.24, 2.45) is 0 Å². The summed E-state index contributed by atoms with van der Waals surface area (Å²) in [4.78, 5) is 22.0. The third-order valence-electron chi connectivity index (χ3n) is 4.21. The van der Waals surface area contributed by atoms with Gasteiger partial charge < -0.3 is 4.74 Å². The van der Waals surface area contributed by atoms with Crippen LogP contribution in [0.15, 0.2) is 66.7 Å². The van der Waals surface area contributed by atoms with E-state index in [1.54, 1.807) is 26.2 Å². The normalized spacial score (nSPS) is 13.5. The number of nitro groups is 1. The largest absolute Gasteiger partial charge is 0.376 e. The first-order chi connectivity index (χ1) is 12.5. The number of Topliss-reactive ketones (excluding diaryl/α,β-unsaturated/α-hetero) is 1. The van der Waals surface area contributed by atoms with Crippen LogP contribution in [0.3, 0.4) is 0 Å². The first-order valence-electron chi connectivity index (χ1n) is 8.49. The molecule has 0 amide bonds. The summed E-state index contributed by atoms with van der Waals surface area (Å²) < 4.78 is 5.55. The second-order valence-electron chi connectivity index (χ2n) is 6.16. The summed E-state index contributed by atoms with van der Waals surface area (Å²) in [5.41, 5.74) is 2.02. The van der Waals surface area contributed by atoms with E-state index in [1.807, 2.05) is 42.5 Å². The maximum atomic E-state index is 11.6. The van der Waals surface area contributed by atoms with Crippen LogP contribution < -0.4 is 0 Å². The lowest BCUT2D eigenvalue weighted by atomic mass is 9.92. The van der Waals surface area contributed by atoms with E-state index in [2.05, 4.69) is 0 Å². The van der Waals surface area contributed by atoms with E-state index >= 15 is 0 Å². The average molecular weight is 353 g/mol. The molecule has 5 nitrogen and oxygen atoms in total. The van der Waals surface area contributed by atoms with Crippen LogP contribution in [0.1, 0.15) is 42.9 Å². The Bertz CT molecular complexity index is 753. The Balaban J connectivity index is 2.12. The van der Waals surface area contributed by atoms with Gasteiger partial charge >= 0.3 is 0 Å². The van der Waals surface area contributed by atoms with Gasteiger partial charge in [0, 0.05) is 31.6 Å². The SMILES string of the molecule is CO[C@H](C/C=C/[C@@H](CC(C)=O)c1ccc([N+](=O)[O-])cc1)c1ccccc1. The zero-order valence-electron chi connectivity index (χ0n) is 15.0. The molecule has 2 atom stereocenters. The molecule has 0 heterocycles. The molecule has 136 valence electrons. The van der Waals surface area contributed by atoms with Gasteiger partial charge in [0.1, 0.15) is 5.78 Å². The van der Waals surface area contributed by atoms with Crippen LogP contribution in [0.25, 0.3) is 0 Å². The number of allylic oxidation sites excluding steroid dienone is 1. The van der Waals surface area contributed by atoms with Crippen LogP contribution in [0, 0.1) is 10.1 Å². The van der Waals surface area contributed by atoms with Crippen molar-refractivity contribution in [3.05, 3.63) is 88.0 Å². The molecule has 0 aliphatic carbocycles. The highest BCUT2D eigenvalue weighted by atomic mass is 16.6. The monoisotopic (exact) mass is 353 g/mol. The van der Waals surface area contributed by atoms with E-state index in [0.717, 1.165) is 11.1 Å². The van der Waals surface area contributed by atoms with Crippen LogP contribution in [0.5, 0.6) is 0 Å². The molecule has 0 unspecified atom stereocenters. The lowest BCUT2D eigenvalue weighted by Crippen LogP contribution is -2.03. The van der Waals surface area contributed by atoms with Crippen molar-refractivity contribution in [1.29, 1.82) is 0 Å². The number of ketones is 1. The summed E-state index contributed by atoms with van der Waals surface area (Å²) >= 11 is 0. The molecule has 0 saturated carbocycles. The second kappa shape index (κ2) is 9.63. The van der Waals surface area contributed by atoms with Gasteiger partial charge in [0.05, 0.1) is 11.0 Å². The lowest BCUT2D eigenvalue weighted by molar-refractivity contribution is -0.384. The van der Waals surface area contributed by atoms with E-state index in [1.165, 1.54) is 12.1 Å². The highest BCUT2D eigenvalue weighted by molar-refractivity contribution is 5.76. The quantitative estimate of drug-likeness (QED) is 0.362. The molecule has 0 fully saturated rings. The molecule has 2 aromatic carbocycles. The topological polar surface area (TPSA) is 69.4 Å². The molecule has 0 aliphatic heterocycles. The number of nitrogens with zero attached hydrogens (tertiary/aromatic N) is 1. The summed E-state index contributed by atoms with van der Waals surface area (Å²) in [6, 6.07) is 16.3. The van der Waals surface area contributed by atoms with Crippen LogP contribution in [-0.2, 0) is 9.53 Å². The second-order valence-corrected chi connectivity index (χ2v) is 6.16. The van der Waals surface area contributed by atoms with E-state index in [9.17, 15) is 14.9 Å². The Morgan fingerprint density at radius 2 is 1.77 bits per heavy atom. The summed E-state index contributed by atoms with van der Waals surface area (Å²) in [6.07, 6.45) is 4.98. The zero-order chi connectivity index (χ0) is 18.9. The Morgan fingerprint density at radius 3 is 2.31 bits per heavy atom. The van der Waals surface area contributed by atoms with Crippen molar-refractivity contribution in [2.75, 3.05) is 7.11 Å². The minimum absolute atomic E-state index is 0.0443. The summed E-state index contributed by atoms with van der Waals surface area (Å²) in [5.74, 6) is -0.0362. The van der Waals surface area contributed by atoms with Crippen molar-refractivity contribution in [1.82, 2.24) is 0 Å². The minimum atomic E-state index is -0.428. The molecule has 2 aromatic rings. The molecule has 0 spiro atoms. The zero-order valence-corrected chi connectivity index (χ0v) is 15.0. The number of ether oxygens (including phenoxy) is 1. The standard InChI is InChI=1S/C21H23NO4/c1-16(23)15-19(17-11-13-20(14-12-17)22(24)25)9-6-10-21(26-2)18-7-4-3-5-8-18/h3-9,11-14,19,21H,10,15H2,1-2H3/b9-6+/t19-,21+/m0/s1. The number of nitro benzene ring substituents is 1. The minimum Gasteiger partial charge on any atom is -0.376 e. The predicted octanol–water partition coefficient (Wildman–Crippen LogP) is 4.99. The highest BCUT2D eigenvalue weighted by Gasteiger charge is 2.14. The molecule has 0 aromatic heterocycles. The van der Waals surface area contributed by atoms with Crippen molar-refractivity contribution >= 4 is 11.5 Å². The third-order valence-corrected chi connectivity index (χ3v) is 4.21. The average Bonchev–Trinajstić information content (AvgIpc) is 2.65. The lowest BCUT2D eigenvalue weighted by Gasteiger charge is -2.15. The number of methoxy groups -OCH3 is 1. The Morgan fingerprint density at radius 1 is 1.12 bits per heavy atom. The van der Waals surface area contributed by atoms with Crippen LogP contribution >= 0.6 is 0 Å². The third kappa shape index (κ3) is 5.63. The fourth-order valence-corrected chi connectivity index (χ4v) is 2.85. The Kier molecular flexibility index (Phi) is 7.24. The van der Waals surface area contributed by atoms with E-state index in [4.69, 9.17) is 4.74 Å². The van der Waals surface area contributed by atoms with Crippen LogP contribution in [0.4, 0.5) is 5.69 Å². The number of carbonyl (C=O) groups excluding carboxylic acids is 1. The Labute approximate surface area is 153 Å². The molecule has 26 heavy (non-hydrogen) atoms. The first-order valence-corrected chi connectivity index (χ1v) is 8.49. The number of benzene rings is 2. The van der Waals surface area contributed by atoms with Gasteiger partial charge in [0.15, 0.2) is 0 Å². The molecular weight excluding hydrogens is 330 g/mol. The Hall–Kier alpha value is -2.79. The van der Waals surface area contributed by atoms with Crippen LogP contribution in [0.2, 0.25) is 0 Å². The first kappa shape index (κ1) is 19.5. The van der Waals surface area contributed by atoms with Crippen LogP contribution in [-0.4, -0.2) is 17.8 Å². The molecule has 2 rings (SSSR count). The van der Waals surface area contributed by atoms with E-state index in [-0.39, 0.29) is 23.5 Å². The van der Waals surface area contributed by atoms with E-state index in [0.29, 0.717) is 12.8 Å². The maximum Gasteiger partial charge on any atom is 0.269 e. The van der Waals surface area contributed by atoms with Crippen molar-refractivity contribution in [3.63, 3.8) is 0 Å². The van der Waals surface area contributed by atoms with Gasteiger partial charge in [-0.05, 0) is 24.5 Å². The summed E-state index contributed by atoms with van der Waals surface area (Å²) in [6.45, 7) is 1.55. The van der Waals surface area contributed by atoms with Crippen molar-refractivity contribution in [3.8, 4) is 0 Å². The highest BCUT2D eigenvalue weighted by Crippen LogP contribution is 2.26. The van der Waals surface area contributed by atoms with Gasteiger partial charge in [0.25, 0.3) is 5.69 Å². The molecule has 0 radical (unpaired) electrons. The number of rotatable bonds is 9. The van der Waals surface area contributed by atoms with Gasteiger partial charge in [-0.25, -0.2) is 0 Å². The van der Waals surface area contributed by atoms with E-state index < -0.39 is 4.92 Å². The molecule has 5 heteroatoms. The predicted molar refractivity (Wildman–Crippen MR) is 101 cm³/mol. The fraction of sp³-hybridized carbons (Fsp3) is 0.286. The van der Waals surface area contributed by atoms with Gasteiger partial charge in [0.2, 0.25) is 0 Å². The molecule has 0 saturated heterocycles.